The van der Waals surface area contributed by atoms with Gasteiger partial charge in [-0.2, -0.15) is 0 Å². The lowest BCUT2D eigenvalue weighted by Crippen LogP contribution is -2.53. The second-order valence-electron chi connectivity index (χ2n) is 5.05. The van der Waals surface area contributed by atoms with Gasteiger partial charge in [-0.25, -0.2) is 4.79 Å². The van der Waals surface area contributed by atoms with Crippen LogP contribution < -0.4 is 5.73 Å². The number of carbonyl (C=O) groups excluding carboxylic acids is 1. The van der Waals surface area contributed by atoms with Gasteiger partial charge >= 0.3 is 6.09 Å². The summed E-state index contributed by atoms with van der Waals surface area (Å²) in [4.78, 5) is 13.3. The molecule has 1 aliphatic rings. The van der Waals surface area contributed by atoms with Gasteiger partial charge in [0.05, 0.1) is 0 Å². The topological polar surface area (TPSA) is 55.6 Å². The van der Waals surface area contributed by atoms with E-state index >= 15 is 0 Å². The van der Waals surface area contributed by atoms with Crippen LogP contribution >= 0.6 is 0 Å². The fourth-order valence-electron chi connectivity index (χ4n) is 2.75. The van der Waals surface area contributed by atoms with E-state index in [0.29, 0.717) is 0 Å². The number of likely N-dealkylation sites (tertiary alicyclic amines) is 1. The predicted molar refractivity (Wildman–Crippen MR) is 64.3 cm³/mol. The summed E-state index contributed by atoms with van der Waals surface area (Å²) in [5.41, 5.74) is 4.62. The van der Waals surface area contributed by atoms with Gasteiger partial charge in [0.1, 0.15) is 5.60 Å². The molecule has 0 saturated carbocycles. The van der Waals surface area contributed by atoms with Gasteiger partial charge in [0, 0.05) is 6.04 Å². The Morgan fingerprint density at radius 3 is 2.38 bits per heavy atom. The summed E-state index contributed by atoms with van der Waals surface area (Å²) in [5.74, 6) is 0. The first-order chi connectivity index (χ1) is 7.47. The zero-order valence-corrected chi connectivity index (χ0v) is 10.7. The average molecular weight is 228 g/mol. The SMILES string of the molecule is CCC(N1CCCCC1)C(C)(C)OC(N)=O. The van der Waals surface area contributed by atoms with Crippen molar-refractivity contribution in [3.05, 3.63) is 0 Å². The second kappa shape index (κ2) is 5.53. The molecular formula is C12H24N2O2. The maximum atomic E-state index is 10.9. The summed E-state index contributed by atoms with van der Waals surface area (Å²) in [5, 5.41) is 0. The maximum absolute atomic E-state index is 10.9. The quantitative estimate of drug-likeness (QED) is 0.802. The Balaban J connectivity index is 2.66. The third-order valence-electron chi connectivity index (χ3n) is 3.38. The Kier molecular flexibility index (Phi) is 4.59. The van der Waals surface area contributed by atoms with Crippen LogP contribution in [0.3, 0.4) is 0 Å². The van der Waals surface area contributed by atoms with Crippen LogP contribution in [0.4, 0.5) is 4.79 Å². The fraction of sp³-hybridized carbons (Fsp3) is 0.917. The number of rotatable bonds is 4. The first-order valence-electron chi connectivity index (χ1n) is 6.20. The monoisotopic (exact) mass is 228 g/mol. The van der Waals surface area contributed by atoms with Crippen LogP contribution in [0.5, 0.6) is 0 Å². The molecule has 0 radical (unpaired) electrons. The summed E-state index contributed by atoms with van der Waals surface area (Å²) in [6.07, 6.45) is 4.08. The van der Waals surface area contributed by atoms with E-state index in [-0.39, 0.29) is 6.04 Å². The van der Waals surface area contributed by atoms with E-state index in [1.165, 1.54) is 19.3 Å². The normalized spacial score (nSPS) is 20.4. The number of piperidine rings is 1. The molecule has 4 heteroatoms. The number of ether oxygens (including phenoxy) is 1. The highest BCUT2D eigenvalue weighted by Gasteiger charge is 2.36. The van der Waals surface area contributed by atoms with Crippen molar-refractivity contribution in [3.63, 3.8) is 0 Å². The van der Waals surface area contributed by atoms with Crippen molar-refractivity contribution in [1.82, 2.24) is 4.90 Å². The third-order valence-corrected chi connectivity index (χ3v) is 3.38. The number of primary amides is 1. The molecule has 4 nitrogen and oxygen atoms in total. The summed E-state index contributed by atoms with van der Waals surface area (Å²) in [7, 11) is 0. The molecule has 1 rings (SSSR count). The molecule has 1 fully saturated rings. The van der Waals surface area contributed by atoms with Gasteiger partial charge in [0.25, 0.3) is 0 Å². The molecule has 0 aromatic heterocycles. The highest BCUT2D eigenvalue weighted by molar-refractivity contribution is 5.65. The summed E-state index contributed by atoms with van der Waals surface area (Å²) in [6.45, 7) is 8.22. The van der Waals surface area contributed by atoms with E-state index < -0.39 is 11.7 Å². The largest absolute Gasteiger partial charge is 0.442 e. The summed E-state index contributed by atoms with van der Waals surface area (Å²) < 4.78 is 5.24. The molecule has 1 aliphatic heterocycles. The van der Waals surface area contributed by atoms with Crippen LogP contribution in [-0.4, -0.2) is 35.7 Å². The molecule has 0 spiro atoms. The van der Waals surface area contributed by atoms with Gasteiger partial charge in [-0.05, 0) is 46.2 Å². The van der Waals surface area contributed by atoms with E-state index in [9.17, 15) is 4.79 Å². The molecule has 94 valence electrons. The van der Waals surface area contributed by atoms with Crippen molar-refractivity contribution >= 4 is 6.09 Å². The van der Waals surface area contributed by atoms with Crippen LogP contribution in [0.15, 0.2) is 0 Å². The lowest BCUT2D eigenvalue weighted by atomic mass is 9.92. The van der Waals surface area contributed by atoms with Crippen LogP contribution in [0.2, 0.25) is 0 Å². The fourth-order valence-corrected chi connectivity index (χ4v) is 2.75. The van der Waals surface area contributed by atoms with Crippen LogP contribution in [0, 0.1) is 0 Å². The van der Waals surface area contributed by atoms with Gasteiger partial charge in [0.15, 0.2) is 0 Å². The van der Waals surface area contributed by atoms with E-state index in [1.807, 2.05) is 13.8 Å². The van der Waals surface area contributed by atoms with Crippen LogP contribution in [0.1, 0.15) is 46.5 Å². The Hall–Kier alpha value is -0.770. The zero-order valence-electron chi connectivity index (χ0n) is 10.7. The zero-order chi connectivity index (χ0) is 12.2. The molecule has 2 N–H and O–H groups in total. The number of amides is 1. The molecule has 1 atom stereocenters. The number of nitrogens with zero attached hydrogens (tertiary/aromatic N) is 1. The first-order valence-corrected chi connectivity index (χ1v) is 6.20. The van der Waals surface area contributed by atoms with Crippen molar-refractivity contribution < 1.29 is 9.53 Å². The van der Waals surface area contributed by atoms with Gasteiger partial charge in [0.2, 0.25) is 0 Å². The number of hydrogen-bond acceptors (Lipinski definition) is 3. The van der Waals surface area contributed by atoms with Crippen molar-refractivity contribution in [2.75, 3.05) is 13.1 Å². The summed E-state index contributed by atoms with van der Waals surface area (Å²) in [6, 6.07) is 0.264. The highest BCUT2D eigenvalue weighted by atomic mass is 16.6. The van der Waals surface area contributed by atoms with E-state index in [0.717, 1.165) is 19.5 Å². The summed E-state index contributed by atoms with van der Waals surface area (Å²) >= 11 is 0. The number of hydrogen-bond donors (Lipinski definition) is 1. The average Bonchev–Trinajstić information content (AvgIpc) is 2.17. The van der Waals surface area contributed by atoms with Crippen molar-refractivity contribution in [2.24, 2.45) is 5.73 Å². The maximum Gasteiger partial charge on any atom is 0.405 e. The van der Waals surface area contributed by atoms with Crippen molar-refractivity contribution in [1.29, 1.82) is 0 Å². The molecule has 0 aromatic carbocycles. The minimum absolute atomic E-state index is 0.264. The molecule has 0 bridgehead atoms. The molecule has 1 saturated heterocycles. The highest BCUT2D eigenvalue weighted by Crippen LogP contribution is 2.25. The molecule has 1 heterocycles. The van der Waals surface area contributed by atoms with Gasteiger partial charge in [-0.3, -0.25) is 4.90 Å². The van der Waals surface area contributed by atoms with Crippen molar-refractivity contribution in [2.45, 2.75) is 58.1 Å². The lowest BCUT2D eigenvalue weighted by molar-refractivity contribution is -0.0367. The number of carbonyl (C=O) groups is 1. The van der Waals surface area contributed by atoms with Crippen LogP contribution in [-0.2, 0) is 4.74 Å². The first kappa shape index (κ1) is 13.3. The lowest BCUT2D eigenvalue weighted by Gasteiger charge is -2.42. The molecule has 0 aliphatic carbocycles. The van der Waals surface area contributed by atoms with Gasteiger partial charge < -0.3 is 10.5 Å². The van der Waals surface area contributed by atoms with E-state index in [1.54, 1.807) is 0 Å². The van der Waals surface area contributed by atoms with Gasteiger partial charge in [-0.1, -0.05) is 13.3 Å². The Morgan fingerprint density at radius 1 is 1.38 bits per heavy atom. The second-order valence-corrected chi connectivity index (χ2v) is 5.05. The Bertz CT molecular complexity index is 235. The third kappa shape index (κ3) is 3.37. The predicted octanol–water partition coefficient (Wildman–Crippen LogP) is 2.12. The Labute approximate surface area is 98.1 Å². The Morgan fingerprint density at radius 2 is 1.94 bits per heavy atom. The van der Waals surface area contributed by atoms with Crippen molar-refractivity contribution in [3.8, 4) is 0 Å². The molecule has 1 amide bonds. The molecule has 1 unspecified atom stereocenters. The standard InChI is InChI=1S/C12H24N2O2/c1-4-10(12(2,3)16-11(13)15)14-8-6-5-7-9-14/h10H,4-9H2,1-3H3,(H2,13,15). The van der Waals surface area contributed by atoms with E-state index in [2.05, 4.69) is 11.8 Å². The smallest absolute Gasteiger partial charge is 0.405 e. The minimum Gasteiger partial charge on any atom is -0.442 e. The number of nitrogens with two attached hydrogens (primary N) is 1. The van der Waals surface area contributed by atoms with Gasteiger partial charge in [-0.15, -0.1) is 0 Å². The minimum atomic E-state index is -0.680. The van der Waals surface area contributed by atoms with Crippen LogP contribution in [0.25, 0.3) is 0 Å². The molecule has 16 heavy (non-hydrogen) atoms. The molecule has 0 aromatic rings. The van der Waals surface area contributed by atoms with E-state index in [4.69, 9.17) is 10.5 Å². The molecular weight excluding hydrogens is 204 g/mol.